The van der Waals surface area contributed by atoms with Crippen LogP contribution in [0.3, 0.4) is 0 Å². The summed E-state index contributed by atoms with van der Waals surface area (Å²) in [5.74, 6) is 5.94. The first-order valence-electron chi connectivity index (χ1n) is 5.39. The summed E-state index contributed by atoms with van der Waals surface area (Å²) in [5, 5.41) is 3.11. The Morgan fingerprint density at radius 3 is 2.83 bits per heavy atom. The molecule has 0 unspecified atom stereocenters. The van der Waals surface area contributed by atoms with Gasteiger partial charge in [-0.15, -0.1) is 0 Å². The Hall–Kier alpha value is -0.630. The predicted molar refractivity (Wildman–Crippen MR) is 81.6 cm³/mol. The minimum absolute atomic E-state index is 0.522. The van der Waals surface area contributed by atoms with Gasteiger partial charge in [0.25, 0.3) is 0 Å². The van der Waals surface area contributed by atoms with Crippen LogP contribution in [-0.4, -0.2) is 26.2 Å². The number of nitrogens with one attached hydrogen (secondary N) is 2. The van der Waals surface area contributed by atoms with Crippen molar-refractivity contribution in [1.82, 2.24) is 5.43 Å². The minimum atomic E-state index is 0.522. The van der Waals surface area contributed by atoms with Crippen molar-refractivity contribution in [1.29, 1.82) is 0 Å². The topological polar surface area (TPSA) is 71.7 Å². The van der Waals surface area contributed by atoms with Crippen LogP contribution < -0.4 is 16.6 Å². The summed E-state index contributed by atoms with van der Waals surface area (Å²) in [6.45, 7) is 1.33. The standard InChI is InChI=1S/C11H16Br2N4O/c1-18-6-2-5-15-11(17-14)16-10-4-3-8(12)7-9(10)13/h3-4,7H,2,5-6,14H2,1H3,(H2,15,16,17). The molecule has 0 fully saturated rings. The molecule has 0 radical (unpaired) electrons. The molecule has 0 spiro atoms. The SMILES string of the molecule is COCCCN=C(NN)Nc1ccc(Br)cc1Br. The number of hydrogen-bond donors (Lipinski definition) is 3. The normalized spacial score (nSPS) is 11.4. The molecule has 0 aliphatic rings. The second kappa shape index (κ2) is 8.47. The van der Waals surface area contributed by atoms with Gasteiger partial charge in [-0.05, 0) is 40.5 Å². The van der Waals surface area contributed by atoms with Gasteiger partial charge in [0, 0.05) is 29.2 Å². The highest BCUT2D eigenvalue weighted by molar-refractivity contribution is 9.11. The quantitative estimate of drug-likeness (QED) is 0.241. The van der Waals surface area contributed by atoms with Gasteiger partial charge in [0.1, 0.15) is 0 Å². The molecule has 0 aliphatic carbocycles. The van der Waals surface area contributed by atoms with Gasteiger partial charge in [0.05, 0.1) is 5.69 Å². The number of halogens is 2. The van der Waals surface area contributed by atoms with Crippen molar-refractivity contribution in [2.45, 2.75) is 6.42 Å². The van der Waals surface area contributed by atoms with Crippen LogP contribution in [0.2, 0.25) is 0 Å². The van der Waals surface area contributed by atoms with E-state index in [0.717, 1.165) is 21.1 Å². The minimum Gasteiger partial charge on any atom is -0.385 e. The summed E-state index contributed by atoms with van der Waals surface area (Å²) in [6, 6.07) is 5.81. The maximum absolute atomic E-state index is 5.42. The fraction of sp³-hybridized carbons (Fsp3) is 0.364. The van der Waals surface area contributed by atoms with Crippen molar-refractivity contribution >= 4 is 43.5 Å². The van der Waals surface area contributed by atoms with E-state index in [-0.39, 0.29) is 0 Å². The number of nitrogens with zero attached hydrogens (tertiary/aromatic N) is 1. The number of benzene rings is 1. The zero-order chi connectivity index (χ0) is 13.4. The number of anilines is 1. The van der Waals surface area contributed by atoms with Gasteiger partial charge in [0.2, 0.25) is 5.96 Å². The number of ether oxygens (including phenoxy) is 1. The molecule has 0 aliphatic heterocycles. The summed E-state index contributed by atoms with van der Waals surface area (Å²) in [7, 11) is 1.67. The molecule has 18 heavy (non-hydrogen) atoms. The van der Waals surface area contributed by atoms with Crippen LogP contribution in [0.4, 0.5) is 5.69 Å². The fourth-order valence-electron chi connectivity index (χ4n) is 1.24. The van der Waals surface area contributed by atoms with E-state index in [1.165, 1.54) is 0 Å². The molecule has 0 heterocycles. The van der Waals surface area contributed by atoms with E-state index in [9.17, 15) is 0 Å². The molecule has 5 nitrogen and oxygen atoms in total. The second-order valence-corrected chi connectivity index (χ2v) is 5.24. The number of aliphatic imine (C=N–C) groups is 1. The molecule has 0 bridgehead atoms. The largest absolute Gasteiger partial charge is 0.385 e. The first-order chi connectivity index (χ1) is 8.67. The Morgan fingerprint density at radius 1 is 1.44 bits per heavy atom. The van der Waals surface area contributed by atoms with Crippen LogP contribution in [-0.2, 0) is 4.74 Å². The first kappa shape index (κ1) is 15.4. The number of hydrogen-bond acceptors (Lipinski definition) is 3. The van der Waals surface area contributed by atoms with Gasteiger partial charge in [-0.3, -0.25) is 10.4 Å². The number of hydrazine groups is 1. The number of guanidine groups is 1. The van der Waals surface area contributed by atoms with E-state index >= 15 is 0 Å². The maximum Gasteiger partial charge on any atom is 0.210 e. The van der Waals surface area contributed by atoms with Gasteiger partial charge in [-0.25, -0.2) is 5.84 Å². The van der Waals surface area contributed by atoms with E-state index in [4.69, 9.17) is 10.6 Å². The molecule has 7 heteroatoms. The lowest BCUT2D eigenvalue weighted by atomic mass is 10.3. The van der Waals surface area contributed by atoms with E-state index in [0.29, 0.717) is 19.1 Å². The van der Waals surface area contributed by atoms with Crippen LogP contribution in [0.1, 0.15) is 6.42 Å². The van der Waals surface area contributed by atoms with Crippen LogP contribution in [0.5, 0.6) is 0 Å². The molecule has 1 aromatic rings. The van der Waals surface area contributed by atoms with Crippen molar-refractivity contribution in [2.24, 2.45) is 10.8 Å². The molecule has 0 aromatic heterocycles. The van der Waals surface area contributed by atoms with Crippen molar-refractivity contribution in [3.63, 3.8) is 0 Å². The third-order valence-corrected chi connectivity index (χ3v) is 3.25. The lowest BCUT2D eigenvalue weighted by Crippen LogP contribution is -2.36. The molecule has 1 rings (SSSR count). The molecular weight excluding hydrogens is 364 g/mol. The van der Waals surface area contributed by atoms with Crippen molar-refractivity contribution in [3.05, 3.63) is 27.1 Å². The maximum atomic E-state index is 5.42. The molecule has 0 atom stereocenters. The zero-order valence-corrected chi connectivity index (χ0v) is 13.2. The smallest absolute Gasteiger partial charge is 0.210 e. The predicted octanol–water partition coefficient (Wildman–Crippen LogP) is 2.48. The second-order valence-electron chi connectivity index (χ2n) is 3.47. The highest BCUT2D eigenvalue weighted by Crippen LogP contribution is 2.25. The Labute approximate surface area is 123 Å². The van der Waals surface area contributed by atoms with Crippen LogP contribution in [0.25, 0.3) is 0 Å². The van der Waals surface area contributed by atoms with E-state index < -0.39 is 0 Å². The summed E-state index contributed by atoms with van der Waals surface area (Å²) in [6.07, 6.45) is 0.852. The summed E-state index contributed by atoms with van der Waals surface area (Å²) < 4.78 is 6.88. The van der Waals surface area contributed by atoms with Gasteiger partial charge >= 0.3 is 0 Å². The summed E-state index contributed by atoms with van der Waals surface area (Å²) in [5.41, 5.74) is 3.43. The molecule has 0 amide bonds. The zero-order valence-electron chi connectivity index (χ0n) is 10.0. The Kier molecular flexibility index (Phi) is 7.26. The third kappa shape index (κ3) is 5.34. The lowest BCUT2D eigenvalue weighted by Gasteiger charge is -2.11. The Balaban J connectivity index is 2.61. The molecule has 0 saturated carbocycles. The van der Waals surface area contributed by atoms with Gasteiger partial charge in [0.15, 0.2) is 0 Å². The van der Waals surface area contributed by atoms with Crippen molar-refractivity contribution in [2.75, 3.05) is 25.6 Å². The number of methoxy groups -OCH3 is 1. The third-order valence-electron chi connectivity index (χ3n) is 2.10. The molecule has 4 N–H and O–H groups in total. The van der Waals surface area contributed by atoms with Crippen molar-refractivity contribution < 1.29 is 4.74 Å². The van der Waals surface area contributed by atoms with Crippen LogP contribution in [0.15, 0.2) is 32.1 Å². The lowest BCUT2D eigenvalue weighted by molar-refractivity contribution is 0.197. The average molecular weight is 380 g/mol. The molecular formula is C11H16Br2N4O. The number of nitrogens with two attached hydrogens (primary N) is 1. The average Bonchev–Trinajstić information content (AvgIpc) is 2.35. The van der Waals surface area contributed by atoms with E-state index in [1.54, 1.807) is 7.11 Å². The monoisotopic (exact) mass is 378 g/mol. The highest BCUT2D eigenvalue weighted by atomic mass is 79.9. The Morgan fingerprint density at radius 2 is 2.22 bits per heavy atom. The fourth-order valence-corrected chi connectivity index (χ4v) is 2.39. The van der Waals surface area contributed by atoms with E-state index in [2.05, 4.69) is 47.6 Å². The molecule has 100 valence electrons. The van der Waals surface area contributed by atoms with Crippen LogP contribution in [0, 0.1) is 0 Å². The highest BCUT2D eigenvalue weighted by Gasteiger charge is 2.03. The Bertz CT molecular complexity index is 412. The van der Waals surface area contributed by atoms with Gasteiger partial charge < -0.3 is 10.1 Å². The molecule has 1 aromatic carbocycles. The van der Waals surface area contributed by atoms with Crippen molar-refractivity contribution in [3.8, 4) is 0 Å². The van der Waals surface area contributed by atoms with E-state index in [1.807, 2.05) is 18.2 Å². The number of rotatable bonds is 5. The van der Waals surface area contributed by atoms with Crippen LogP contribution >= 0.6 is 31.9 Å². The summed E-state index contributed by atoms with van der Waals surface area (Å²) in [4.78, 5) is 4.30. The molecule has 0 saturated heterocycles. The first-order valence-corrected chi connectivity index (χ1v) is 6.98. The van der Waals surface area contributed by atoms with Gasteiger partial charge in [-0.1, -0.05) is 15.9 Å². The summed E-state index contributed by atoms with van der Waals surface area (Å²) >= 11 is 6.86. The van der Waals surface area contributed by atoms with Gasteiger partial charge in [-0.2, -0.15) is 0 Å².